The minimum atomic E-state index is 0.0848. The molecule has 2 N–H and O–H groups in total. The zero-order chi connectivity index (χ0) is 19.1. The molecule has 0 radical (unpaired) electrons. The molecule has 144 valence electrons. The Bertz CT molecular complexity index is 1010. The molecule has 0 spiro atoms. The van der Waals surface area contributed by atoms with Gasteiger partial charge in [0.05, 0.1) is 6.20 Å². The first-order chi connectivity index (χ1) is 13.7. The van der Waals surface area contributed by atoms with Crippen LogP contribution in [0.3, 0.4) is 0 Å². The first-order valence-electron chi connectivity index (χ1n) is 10.2. The summed E-state index contributed by atoms with van der Waals surface area (Å²) in [7, 11) is 0. The number of nitrogens with one attached hydrogen (secondary N) is 2. The van der Waals surface area contributed by atoms with E-state index in [4.69, 9.17) is 0 Å². The van der Waals surface area contributed by atoms with Crippen molar-refractivity contribution in [1.29, 1.82) is 0 Å². The molecule has 6 nitrogen and oxygen atoms in total. The number of hydrogen-bond donors (Lipinski definition) is 2. The summed E-state index contributed by atoms with van der Waals surface area (Å²) in [6.07, 6.45) is 6.92. The predicted molar refractivity (Wildman–Crippen MR) is 107 cm³/mol. The highest BCUT2D eigenvalue weighted by atomic mass is 16.2. The summed E-state index contributed by atoms with van der Waals surface area (Å²) in [6, 6.07) is 8.42. The maximum absolute atomic E-state index is 13.0. The van der Waals surface area contributed by atoms with Crippen molar-refractivity contribution in [3.05, 3.63) is 58.7 Å². The topological polar surface area (TPSA) is 77.7 Å². The van der Waals surface area contributed by atoms with E-state index in [1.165, 1.54) is 22.4 Å². The van der Waals surface area contributed by atoms with Gasteiger partial charge in [-0.15, -0.1) is 0 Å². The van der Waals surface area contributed by atoms with E-state index in [0.29, 0.717) is 11.6 Å². The minimum absolute atomic E-state index is 0.0848. The van der Waals surface area contributed by atoms with E-state index in [0.717, 1.165) is 56.5 Å². The number of hydrogen-bond acceptors (Lipinski definition) is 3. The van der Waals surface area contributed by atoms with E-state index in [9.17, 15) is 4.79 Å². The number of piperidine rings is 1. The van der Waals surface area contributed by atoms with Gasteiger partial charge in [0.25, 0.3) is 5.91 Å². The fraction of sp³-hybridized carbons (Fsp3) is 0.409. The number of carbonyl (C=O) groups is 1. The van der Waals surface area contributed by atoms with Gasteiger partial charge in [0.15, 0.2) is 5.69 Å². The Hall–Kier alpha value is -2.89. The third-order valence-electron chi connectivity index (χ3n) is 6.30. The molecule has 3 heterocycles. The van der Waals surface area contributed by atoms with Crippen molar-refractivity contribution >= 4 is 5.91 Å². The lowest BCUT2D eigenvalue weighted by Gasteiger charge is -2.31. The average Bonchev–Trinajstić information content (AvgIpc) is 3.45. The van der Waals surface area contributed by atoms with Crippen molar-refractivity contribution in [3.63, 3.8) is 0 Å². The number of carbonyl (C=O) groups excluding carboxylic acids is 1. The van der Waals surface area contributed by atoms with E-state index in [2.05, 4.69) is 51.6 Å². The number of nitrogens with zero attached hydrogens (tertiary/aromatic N) is 3. The SMILES string of the molecule is Cc1ccccc1-c1cn[nH]c1C1CCN(C(=O)c2n[nH]c3c2CCC3)CC1. The minimum Gasteiger partial charge on any atom is -0.337 e. The van der Waals surface area contributed by atoms with Crippen LogP contribution in [0.5, 0.6) is 0 Å². The molecule has 2 aliphatic rings. The van der Waals surface area contributed by atoms with Crippen LogP contribution in [0.15, 0.2) is 30.5 Å². The fourth-order valence-corrected chi connectivity index (χ4v) is 4.71. The molecule has 0 saturated carbocycles. The van der Waals surface area contributed by atoms with Gasteiger partial charge in [-0.3, -0.25) is 15.0 Å². The Morgan fingerprint density at radius 2 is 1.93 bits per heavy atom. The van der Waals surface area contributed by atoms with Crippen molar-refractivity contribution in [2.24, 2.45) is 0 Å². The highest BCUT2D eigenvalue weighted by Crippen LogP contribution is 2.35. The standard InChI is InChI=1S/C22H25N5O/c1-14-5-2-3-6-16(14)18-13-23-25-20(18)15-9-11-27(12-10-15)22(28)21-17-7-4-8-19(17)24-26-21/h2-3,5-6,13,15H,4,7-12H2,1H3,(H,23,25)(H,24,26). The number of rotatable bonds is 3. The lowest BCUT2D eigenvalue weighted by atomic mass is 9.88. The molecule has 1 amide bonds. The van der Waals surface area contributed by atoms with Gasteiger partial charge >= 0.3 is 0 Å². The van der Waals surface area contributed by atoms with Crippen LogP contribution in [0, 0.1) is 6.92 Å². The van der Waals surface area contributed by atoms with Crippen LogP contribution in [-0.4, -0.2) is 44.3 Å². The molecule has 1 aliphatic heterocycles. The summed E-state index contributed by atoms with van der Waals surface area (Å²) in [5.74, 6) is 0.479. The van der Waals surface area contributed by atoms with Crippen molar-refractivity contribution in [1.82, 2.24) is 25.3 Å². The Morgan fingerprint density at radius 3 is 2.75 bits per heavy atom. The zero-order valence-electron chi connectivity index (χ0n) is 16.2. The van der Waals surface area contributed by atoms with E-state index in [1.807, 2.05) is 11.1 Å². The summed E-state index contributed by atoms with van der Waals surface area (Å²) in [5, 5.41) is 14.9. The number of H-pyrrole nitrogens is 2. The lowest BCUT2D eigenvalue weighted by molar-refractivity contribution is 0.0705. The molecule has 2 aromatic heterocycles. The Labute approximate surface area is 164 Å². The maximum atomic E-state index is 13.0. The molecule has 1 aliphatic carbocycles. The van der Waals surface area contributed by atoms with Crippen molar-refractivity contribution in [2.75, 3.05) is 13.1 Å². The van der Waals surface area contributed by atoms with E-state index in [-0.39, 0.29) is 5.91 Å². The zero-order valence-corrected chi connectivity index (χ0v) is 16.2. The molecule has 0 bridgehead atoms. The van der Waals surface area contributed by atoms with Gasteiger partial charge in [-0.1, -0.05) is 24.3 Å². The van der Waals surface area contributed by atoms with Crippen LogP contribution >= 0.6 is 0 Å². The third kappa shape index (κ3) is 2.84. The van der Waals surface area contributed by atoms with Crippen LogP contribution < -0.4 is 0 Å². The molecule has 1 fully saturated rings. The summed E-state index contributed by atoms with van der Waals surface area (Å²) >= 11 is 0. The molecule has 28 heavy (non-hydrogen) atoms. The average molecular weight is 375 g/mol. The molecule has 1 aromatic carbocycles. The first kappa shape index (κ1) is 17.2. The number of aryl methyl sites for hydroxylation is 2. The van der Waals surface area contributed by atoms with Gasteiger partial charge in [0, 0.05) is 41.5 Å². The van der Waals surface area contributed by atoms with Gasteiger partial charge in [0.1, 0.15) is 0 Å². The smallest absolute Gasteiger partial charge is 0.274 e. The molecular formula is C22H25N5O. The van der Waals surface area contributed by atoms with Crippen LogP contribution in [0.25, 0.3) is 11.1 Å². The van der Waals surface area contributed by atoms with Crippen molar-refractivity contribution in [2.45, 2.75) is 44.9 Å². The summed E-state index contributed by atoms with van der Waals surface area (Å²) < 4.78 is 0. The maximum Gasteiger partial charge on any atom is 0.274 e. The number of benzene rings is 1. The van der Waals surface area contributed by atoms with Gasteiger partial charge < -0.3 is 4.90 Å². The second-order valence-electron chi connectivity index (χ2n) is 7.96. The summed E-state index contributed by atoms with van der Waals surface area (Å²) in [6.45, 7) is 3.66. The number of aromatic amines is 2. The molecule has 6 heteroatoms. The normalized spacial score (nSPS) is 17.1. The summed E-state index contributed by atoms with van der Waals surface area (Å²) in [5.41, 5.74) is 7.81. The molecule has 3 aromatic rings. The monoisotopic (exact) mass is 375 g/mol. The van der Waals surface area contributed by atoms with Gasteiger partial charge in [-0.2, -0.15) is 10.2 Å². The second kappa shape index (κ2) is 6.93. The van der Waals surface area contributed by atoms with E-state index >= 15 is 0 Å². The molecule has 5 rings (SSSR count). The van der Waals surface area contributed by atoms with Crippen LogP contribution in [0.2, 0.25) is 0 Å². The second-order valence-corrected chi connectivity index (χ2v) is 7.96. The van der Waals surface area contributed by atoms with Gasteiger partial charge in [0.2, 0.25) is 0 Å². The number of amides is 1. The van der Waals surface area contributed by atoms with E-state index in [1.54, 1.807) is 0 Å². The third-order valence-corrected chi connectivity index (χ3v) is 6.30. The van der Waals surface area contributed by atoms with Crippen molar-refractivity contribution in [3.8, 4) is 11.1 Å². The Balaban J connectivity index is 1.31. The van der Waals surface area contributed by atoms with Gasteiger partial charge in [-0.05, 0) is 50.2 Å². The number of likely N-dealkylation sites (tertiary alicyclic amines) is 1. The van der Waals surface area contributed by atoms with Crippen LogP contribution in [0.1, 0.15) is 58.2 Å². The Morgan fingerprint density at radius 1 is 1.11 bits per heavy atom. The van der Waals surface area contributed by atoms with E-state index < -0.39 is 0 Å². The highest BCUT2D eigenvalue weighted by Gasteiger charge is 2.31. The molecule has 1 saturated heterocycles. The predicted octanol–water partition coefficient (Wildman–Crippen LogP) is 3.62. The molecule has 0 unspecified atom stereocenters. The first-order valence-corrected chi connectivity index (χ1v) is 10.2. The summed E-state index contributed by atoms with van der Waals surface area (Å²) in [4.78, 5) is 14.9. The quantitative estimate of drug-likeness (QED) is 0.734. The molecular weight excluding hydrogens is 350 g/mol. The highest BCUT2D eigenvalue weighted by molar-refractivity contribution is 5.94. The number of fused-ring (bicyclic) bond motifs is 1. The number of aromatic nitrogens is 4. The Kier molecular flexibility index (Phi) is 4.26. The van der Waals surface area contributed by atoms with Gasteiger partial charge in [-0.25, -0.2) is 0 Å². The van der Waals surface area contributed by atoms with Crippen LogP contribution in [0.4, 0.5) is 0 Å². The molecule has 0 atom stereocenters. The fourth-order valence-electron chi connectivity index (χ4n) is 4.71. The lowest BCUT2D eigenvalue weighted by Crippen LogP contribution is -2.38. The largest absolute Gasteiger partial charge is 0.337 e. The van der Waals surface area contributed by atoms with Crippen LogP contribution in [-0.2, 0) is 12.8 Å². The van der Waals surface area contributed by atoms with Crippen molar-refractivity contribution < 1.29 is 4.79 Å².